The van der Waals surface area contributed by atoms with Crippen LogP contribution in [-0.4, -0.2) is 101 Å². The normalized spacial score (nSPS) is 17.8. The first-order chi connectivity index (χ1) is 17.7. The maximum absolute atomic E-state index is 11.8. The van der Waals surface area contributed by atoms with Crippen molar-refractivity contribution in [3.8, 4) is 0 Å². The molecule has 0 aromatic heterocycles. The van der Waals surface area contributed by atoms with Gasteiger partial charge in [0, 0.05) is 23.6 Å². The third-order valence-electron chi connectivity index (χ3n) is 5.74. The average molecular weight is 550 g/mol. The van der Waals surface area contributed by atoms with Gasteiger partial charge in [-0.1, -0.05) is 20.8 Å². The van der Waals surface area contributed by atoms with Gasteiger partial charge in [-0.15, -0.1) is 0 Å². The fraction of sp³-hybridized carbons (Fsp3) is 0.885. The number of ether oxygens (including phenoxy) is 6. The van der Waals surface area contributed by atoms with E-state index in [1.54, 1.807) is 0 Å². The molecular weight excluding hydrogens is 502 g/mol. The molecule has 0 spiro atoms. The van der Waals surface area contributed by atoms with E-state index in [-0.39, 0.29) is 44.0 Å². The standard InChI is InChI=1S/C26H47NO9S/c1-26(2,3)23(28)9-10-24(29)35-20-19-34-18-17-33-16-15-32-14-13-31-12-11-27-25(30)36-21-5-7-22(37-4)8-6-21/h21-22H,5-20H2,1-4H3,(H,27,30). The van der Waals surface area contributed by atoms with Crippen molar-refractivity contribution in [1.82, 2.24) is 5.32 Å². The lowest BCUT2D eigenvalue weighted by atomic mass is 9.88. The molecule has 0 unspecified atom stereocenters. The molecule has 1 aliphatic rings. The minimum Gasteiger partial charge on any atom is -0.463 e. The van der Waals surface area contributed by atoms with Gasteiger partial charge in [0.1, 0.15) is 18.5 Å². The van der Waals surface area contributed by atoms with Crippen molar-refractivity contribution >= 4 is 29.6 Å². The lowest BCUT2D eigenvalue weighted by Crippen LogP contribution is -2.33. The number of rotatable bonds is 20. The number of ketones is 1. The molecule has 1 fully saturated rings. The Kier molecular flexibility index (Phi) is 18.7. The second kappa shape index (κ2) is 20.5. The van der Waals surface area contributed by atoms with Crippen molar-refractivity contribution in [2.24, 2.45) is 5.41 Å². The summed E-state index contributed by atoms with van der Waals surface area (Å²) in [4.78, 5) is 35.2. The quantitative estimate of drug-likeness (QED) is 0.179. The summed E-state index contributed by atoms with van der Waals surface area (Å²) in [5.41, 5.74) is -0.440. The van der Waals surface area contributed by atoms with Crippen molar-refractivity contribution in [2.45, 2.75) is 70.7 Å². The fourth-order valence-corrected chi connectivity index (χ4v) is 4.19. The Balaban J connectivity index is 1.78. The van der Waals surface area contributed by atoms with Crippen LogP contribution in [0.5, 0.6) is 0 Å². The third kappa shape index (κ3) is 18.5. The topological polar surface area (TPSA) is 119 Å². The third-order valence-corrected chi connectivity index (χ3v) is 6.88. The predicted octanol–water partition coefficient (Wildman–Crippen LogP) is 3.39. The van der Waals surface area contributed by atoms with Gasteiger partial charge in [-0.25, -0.2) is 4.79 Å². The molecule has 10 nitrogen and oxygen atoms in total. The van der Waals surface area contributed by atoms with E-state index in [1.807, 2.05) is 32.5 Å². The maximum Gasteiger partial charge on any atom is 0.407 e. The number of Topliss-reactive ketones (excluding diaryl/α,β-unsaturated/α-hetero) is 1. The number of esters is 1. The lowest BCUT2D eigenvalue weighted by Gasteiger charge is -2.27. The summed E-state index contributed by atoms with van der Waals surface area (Å²) >= 11 is 1.89. The zero-order valence-corrected chi connectivity index (χ0v) is 23.9. The van der Waals surface area contributed by atoms with Crippen LogP contribution in [0.3, 0.4) is 0 Å². The van der Waals surface area contributed by atoms with E-state index in [2.05, 4.69) is 11.6 Å². The van der Waals surface area contributed by atoms with Crippen molar-refractivity contribution < 1.29 is 42.8 Å². The van der Waals surface area contributed by atoms with Gasteiger partial charge < -0.3 is 33.7 Å². The molecule has 0 aromatic carbocycles. The van der Waals surface area contributed by atoms with Gasteiger partial charge in [-0.05, 0) is 31.9 Å². The molecule has 1 saturated carbocycles. The minimum atomic E-state index is -0.440. The van der Waals surface area contributed by atoms with Crippen LogP contribution in [0.25, 0.3) is 0 Å². The van der Waals surface area contributed by atoms with Gasteiger partial charge in [-0.3, -0.25) is 9.59 Å². The van der Waals surface area contributed by atoms with Crippen LogP contribution in [-0.2, 0) is 38.0 Å². The summed E-state index contributed by atoms with van der Waals surface area (Å²) in [7, 11) is 0. The molecule has 1 N–H and O–H groups in total. The summed E-state index contributed by atoms with van der Waals surface area (Å²) in [5, 5.41) is 3.41. The van der Waals surface area contributed by atoms with Gasteiger partial charge in [0.2, 0.25) is 0 Å². The van der Waals surface area contributed by atoms with Crippen LogP contribution in [0, 0.1) is 5.41 Å². The Labute approximate surface area is 226 Å². The molecule has 0 aromatic rings. The van der Waals surface area contributed by atoms with Crippen LogP contribution in [0.15, 0.2) is 0 Å². The van der Waals surface area contributed by atoms with Gasteiger partial charge in [0.25, 0.3) is 0 Å². The van der Waals surface area contributed by atoms with E-state index in [1.165, 1.54) is 0 Å². The number of nitrogens with one attached hydrogen (secondary N) is 1. The number of alkyl carbamates (subject to hydrolysis) is 1. The molecule has 1 rings (SSSR count). The van der Waals surface area contributed by atoms with Crippen molar-refractivity contribution in [3.63, 3.8) is 0 Å². The van der Waals surface area contributed by atoms with E-state index in [9.17, 15) is 14.4 Å². The second-order valence-electron chi connectivity index (χ2n) is 9.81. The highest BCUT2D eigenvalue weighted by Gasteiger charge is 2.23. The Hall–Kier alpha value is -1.40. The molecule has 0 atom stereocenters. The van der Waals surface area contributed by atoms with Gasteiger partial charge in [-0.2, -0.15) is 11.8 Å². The minimum absolute atomic E-state index is 0.0264. The van der Waals surface area contributed by atoms with Gasteiger partial charge in [0.05, 0.1) is 59.3 Å². The molecule has 216 valence electrons. The summed E-state index contributed by atoms with van der Waals surface area (Å²) in [6.07, 6.45) is 6.13. The Morgan fingerprint density at radius 2 is 1.27 bits per heavy atom. The molecule has 1 aliphatic carbocycles. The van der Waals surface area contributed by atoms with Crippen LogP contribution in [0.4, 0.5) is 4.79 Å². The van der Waals surface area contributed by atoms with E-state index in [0.717, 1.165) is 25.7 Å². The smallest absolute Gasteiger partial charge is 0.407 e. The molecule has 11 heteroatoms. The summed E-state index contributed by atoms with van der Waals surface area (Å²) in [6.45, 7) is 9.28. The second-order valence-corrected chi connectivity index (χ2v) is 10.9. The van der Waals surface area contributed by atoms with E-state index >= 15 is 0 Å². The highest BCUT2D eigenvalue weighted by Crippen LogP contribution is 2.28. The molecule has 0 radical (unpaired) electrons. The molecular formula is C26H47NO9S. The SMILES string of the molecule is CSC1CCC(OC(=O)NCCOCCOCCOCCOCCOC(=O)CCC(=O)C(C)(C)C)CC1. The Morgan fingerprint density at radius 3 is 1.78 bits per heavy atom. The maximum atomic E-state index is 11.8. The highest BCUT2D eigenvalue weighted by atomic mass is 32.2. The first kappa shape index (κ1) is 33.6. The van der Waals surface area contributed by atoms with Crippen LogP contribution in [0.1, 0.15) is 59.3 Å². The van der Waals surface area contributed by atoms with Crippen LogP contribution < -0.4 is 5.32 Å². The largest absolute Gasteiger partial charge is 0.463 e. The highest BCUT2D eigenvalue weighted by molar-refractivity contribution is 7.99. The molecule has 0 bridgehead atoms. The number of thioether (sulfide) groups is 1. The van der Waals surface area contributed by atoms with Crippen molar-refractivity contribution in [1.29, 1.82) is 0 Å². The summed E-state index contributed by atoms with van der Waals surface area (Å²) < 4.78 is 32.1. The van der Waals surface area contributed by atoms with Crippen molar-refractivity contribution in [3.05, 3.63) is 0 Å². The molecule has 0 saturated heterocycles. The number of hydrogen-bond donors (Lipinski definition) is 1. The summed E-state index contributed by atoms with van der Waals surface area (Å²) in [5.74, 6) is -0.351. The van der Waals surface area contributed by atoms with Crippen molar-refractivity contribution in [2.75, 3.05) is 72.3 Å². The van der Waals surface area contributed by atoms with Crippen LogP contribution >= 0.6 is 11.8 Å². The fourth-order valence-electron chi connectivity index (χ4n) is 3.44. The molecule has 37 heavy (non-hydrogen) atoms. The first-order valence-electron chi connectivity index (χ1n) is 13.2. The number of hydrogen-bond acceptors (Lipinski definition) is 10. The van der Waals surface area contributed by atoms with E-state index in [0.29, 0.717) is 58.0 Å². The molecule has 0 aliphatic heterocycles. The molecule has 1 amide bonds. The van der Waals surface area contributed by atoms with Crippen LogP contribution in [0.2, 0.25) is 0 Å². The summed E-state index contributed by atoms with van der Waals surface area (Å²) in [6, 6.07) is 0. The number of carbonyl (C=O) groups is 3. The number of amides is 1. The average Bonchev–Trinajstić information content (AvgIpc) is 2.86. The monoisotopic (exact) mass is 549 g/mol. The van der Waals surface area contributed by atoms with E-state index in [4.69, 9.17) is 28.4 Å². The van der Waals surface area contributed by atoms with Gasteiger partial charge >= 0.3 is 12.1 Å². The number of carbonyl (C=O) groups excluding carboxylic acids is 3. The first-order valence-corrected chi connectivity index (χ1v) is 14.5. The Morgan fingerprint density at radius 1 is 0.757 bits per heavy atom. The zero-order valence-electron chi connectivity index (χ0n) is 23.1. The predicted molar refractivity (Wildman–Crippen MR) is 142 cm³/mol. The van der Waals surface area contributed by atoms with Gasteiger partial charge in [0.15, 0.2) is 0 Å². The Bertz CT molecular complexity index is 634. The zero-order chi connectivity index (χ0) is 27.4. The molecule has 0 heterocycles. The lowest BCUT2D eigenvalue weighted by molar-refractivity contribution is -0.147. The van der Waals surface area contributed by atoms with E-state index < -0.39 is 11.4 Å².